The molecule has 0 aliphatic carbocycles. The Hall–Kier alpha value is -3.21. The van der Waals surface area contributed by atoms with E-state index in [4.69, 9.17) is 4.74 Å². The molecule has 5 nitrogen and oxygen atoms in total. The van der Waals surface area contributed by atoms with Crippen molar-refractivity contribution in [2.24, 2.45) is 5.92 Å². The van der Waals surface area contributed by atoms with Crippen LogP contribution < -0.4 is 38.2 Å². The number of hydrogen-bond acceptors (Lipinski definition) is 3. The van der Waals surface area contributed by atoms with Crippen LogP contribution in [0.4, 0.5) is 4.79 Å². The van der Waals surface area contributed by atoms with Crippen LogP contribution in [0.25, 0.3) is 10.8 Å². The molecule has 43 heavy (non-hydrogen) atoms. The Balaban J connectivity index is 0.00000506. The molecule has 0 saturated carbocycles. The molecule has 0 spiro atoms. The minimum absolute atomic E-state index is 0. The summed E-state index contributed by atoms with van der Waals surface area (Å²) in [5.41, 5.74) is 0.641. The molecule has 0 aromatic heterocycles. The van der Waals surface area contributed by atoms with Crippen LogP contribution in [0.1, 0.15) is 47.1 Å². The van der Waals surface area contributed by atoms with Crippen molar-refractivity contribution in [2.45, 2.75) is 65.4 Å². The van der Waals surface area contributed by atoms with E-state index in [1.165, 1.54) is 26.9 Å². The predicted molar refractivity (Wildman–Crippen MR) is 177 cm³/mol. The van der Waals surface area contributed by atoms with Gasteiger partial charge >= 0.3 is 6.09 Å². The first-order chi connectivity index (χ1) is 20.0. The van der Waals surface area contributed by atoms with Crippen LogP contribution in [0.2, 0.25) is 0 Å². The van der Waals surface area contributed by atoms with E-state index in [0.717, 1.165) is 12.3 Å². The third-order valence-electron chi connectivity index (χ3n) is 7.53. The van der Waals surface area contributed by atoms with E-state index in [9.17, 15) is 9.59 Å². The maximum Gasteiger partial charge on any atom is 0.408 e. The Labute approximate surface area is 267 Å². The number of nitrogens with one attached hydrogen (secondary N) is 2. The van der Waals surface area contributed by atoms with Crippen molar-refractivity contribution >= 4 is 40.6 Å². The van der Waals surface area contributed by atoms with E-state index in [1.54, 1.807) is 27.7 Å². The number of carbonyl (C=O) groups excluding carboxylic acids is 2. The number of carbonyl (C=O) groups is 2. The van der Waals surface area contributed by atoms with Gasteiger partial charge in [-0.15, -0.1) is 0 Å². The van der Waals surface area contributed by atoms with Crippen LogP contribution in [0, 0.1) is 5.92 Å². The van der Waals surface area contributed by atoms with E-state index < -0.39 is 25.0 Å². The Kier molecular flexibility index (Phi) is 12.0. The molecule has 4 rings (SSSR count). The highest BCUT2D eigenvalue weighted by Gasteiger charge is 2.46. The summed E-state index contributed by atoms with van der Waals surface area (Å²) in [6, 6.07) is 35.9. The lowest BCUT2D eigenvalue weighted by atomic mass is 10.1. The predicted octanol–water partition coefficient (Wildman–Crippen LogP) is 4.07. The van der Waals surface area contributed by atoms with Crippen molar-refractivity contribution in [1.82, 2.24) is 10.6 Å². The highest BCUT2D eigenvalue weighted by atomic mass is 79.9. The fourth-order valence-electron chi connectivity index (χ4n) is 5.30. The number of fused-ring (bicyclic) bond motifs is 1. The van der Waals surface area contributed by atoms with E-state index in [0.29, 0.717) is 0 Å². The van der Waals surface area contributed by atoms with Crippen molar-refractivity contribution in [2.75, 3.05) is 6.16 Å². The molecule has 1 unspecified atom stereocenters. The first-order valence-corrected chi connectivity index (χ1v) is 16.9. The number of rotatable bonds is 10. The van der Waals surface area contributed by atoms with Crippen LogP contribution in [-0.2, 0) is 15.7 Å². The number of benzene rings is 4. The SMILES string of the molecule is CC(NC(=O)OC(C)(C)C)C(=O)N[C@H](C[P+](Cc1ccc2ccccc2c1)(c1ccccc1)c1ccccc1)C(C)C.[Br-]. The van der Waals surface area contributed by atoms with Gasteiger partial charge in [0.1, 0.15) is 11.6 Å². The van der Waals surface area contributed by atoms with Gasteiger partial charge in [-0.05, 0) is 80.3 Å². The summed E-state index contributed by atoms with van der Waals surface area (Å²) in [6.45, 7) is 11.4. The fourth-order valence-corrected chi connectivity index (χ4v) is 10.0. The van der Waals surface area contributed by atoms with Crippen LogP contribution in [0.5, 0.6) is 0 Å². The van der Waals surface area contributed by atoms with E-state index in [2.05, 4.69) is 128 Å². The van der Waals surface area contributed by atoms with Crippen LogP contribution in [-0.4, -0.2) is 35.8 Å². The number of hydrogen-bond donors (Lipinski definition) is 2. The summed E-state index contributed by atoms with van der Waals surface area (Å²) < 4.78 is 5.38. The quantitative estimate of drug-likeness (QED) is 0.252. The second-order valence-corrected chi connectivity index (χ2v) is 16.0. The summed E-state index contributed by atoms with van der Waals surface area (Å²) in [6.07, 6.45) is 1.06. The van der Waals surface area contributed by atoms with Crippen molar-refractivity contribution < 1.29 is 31.3 Å². The van der Waals surface area contributed by atoms with Crippen molar-refractivity contribution in [3.8, 4) is 0 Å². The lowest BCUT2D eigenvalue weighted by Crippen LogP contribution is -3.00. The molecule has 2 amide bonds. The smallest absolute Gasteiger partial charge is 0.408 e. The van der Waals surface area contributed by atoms with Crippen molar-refractivity contribution in [3.05, 3.63) is 109 Å². The highest BCUT2D eigenvalue weighted by Crippen LogP contribution is 2.60. The van der Waals surface area contributed by atoms with Gasteiger partial charge in [0.15, 0.2) is 0 Å². The minimum atomic E-state index is -2.08. The summed E-state index contributed by atoms with van der Waals surface area (Å²) >= 11 is 0. The molecule has 0 aliphatic heterocycles. The summed E-state index contributed by atoms with van der Waals surface area (Å²) in [5, 5.41) is 11.1. The lowest BCUT2D eigenvalue weighted by molar-refractivity contribution is -0.123. The summed E-state index contributed by atoms with van der Waals surface area (Å²) in [5.74, 6) is -0.0458. The van der Waals surface area contributed by atoms with E-state index in [1.807, 2.05) is 0 Å². The zero-order valence-electron chi connectivity index (χ0n) is 26.0. The number of halogens is 1. The Morgan fingerprint density at radius 2 is 1.28 bits per heavy atom. The Bertz CT molecular complexity index is 1450. The zero-order valence-corrected chi connectivity index (χ0v) is 28.5. The topological polar surface area (TPSA) is 67.4 Å². The first kappa shape index (κ1) is 34.3. The van der Waals surface area contributed by atoms with Gasteiger partial charge in [-0.3, -0.25) is 4.79 Å². The molecular weight excluding hydrogens is 619 g/mol. The second-order valence-electron chi connectivity index (χ2n) is 12.4. The third-order valence-corrected chi connectivity index (χ3v) is 12.0. The summed E-state index contributed by atoms with van der Waals surface area (Å²) in [7, 11) is -2.08. The Morgan fingerprint density at radius 1 is 0.744 bits per heavy atom. The van der Waals surface area contributed by atoms with Gasteiger partial charge in [0.05, 0.1) is 36.2 Å². The van der Waals surface area contributed by atoms with Crippen molar-refractivity contribution in [1.29, 1.82) is 0 Å². The maximum atomic E-state index is 13.5. The minimum Gasteiger partial charge on any atom is -1.00 e. The van der Waals surface area contributed by atoms with Crippen LogP contribution in [0.3, 0.4) is 0 Å². The van der Waals surface area contributed by atoms with Gasteiger partial charge in [0.25, 0.3) is 0 Å². The molecule has 0 heterocycles. The molecule has 0 saturated heterocycles. The van der Waals surface area contributed by atoms with Gasteiger partial charge in [0, 0.05) is 0 Å². The molecule has 4 aromatic carbocycles. The van der Waals surface area contributed by atoms with Crippen LogP contribution >= 0.6 is 7.26 Å². The second kappa shape index (κ2) is 15.0. The first-order valence-electron chi connectivity index (χ1n) is 14.7. The van der Waals surface area contributed by atoms with Gasteiger partial charge < -0.3 is 32.4 Å². The highest BCUT2D eigenvalue weighted by molar-refractivity contribution is 7.88. The molecule has 4 aromatic rings. The van der Waals surface area contributed by atoms with Gasteiger partial charge in [-0.25, -0.2) is 4.79 Å². The van der Waals surface area contributed by atoms with Crippen molar-refractivity contribution in [3.63, 3.8) is 0 Å². The number of amides is 2. The van der Waals surface area contributed by atoms with Gasteiger partial charge in [-0.2, -0.15) is 0 Å². The average molecular weight is 664 g/mol. The molecule has 2 atom stereocenters. The van der Waals surface area contributed by atoms with E-state index in [-0.39, 0.29) is 34.8 Å². The Morgan fingerprint density at radius 3 is 1.81 bits per heavy atom. The van der Waals surface area contributed by atoms with Gasteiger partial charge in [0.2, 0.25) is 5.91 Å². The normalized spacial score (nSPS) is 13.1. The molecule has 228 valence electrons. The molecule has 0 radical (unpaired) electrons. The standard InChI is InChI=1S/C36H43N2O3P.BrH/c1-26(2)33(38-34(39)27(3)37-35(40)41-36(4,5)6)25-42(31-17-9-7-10-18-31,32-19-11-8-12-20-32)24-28-21-22-29-15-13-14-16-30(29)23-28;/h7-23,26-27,33H,24-25H2,1-6H3,(H-,37,38,39,40);1H/t27?,33-;/m1./s1. The fraction of sp³-hybridized carbons (Fsp3) is 0.333. The third kappa shape index (κ3) is 9.14. The molecule has 0 aliphatic rings. The zero-order chi connectivity index (χ0) is 30.3. The monoisotopic (exact) mass is 662 g/mol. The number of ether oxygens (including phenoxy) is 1. The number of alkyl carbamates (subject to hydrolysis) is 1. The van der Waals surface area contributed by atoms with Gasteiger partial charge in [-0.1, -0.05) is 86.6 Å². The molecule has 0 fully saturated rings. The largest absolute Gasteiger partial charge is 1.00 e. The van der Waals surface area contributed by atoms with Crippen LogP contribution in [0.15, 0.2) is 103 Å². The molecular formula is C36H44BrN2O3P. The average Bonchev–Trinajstić information content (AvgIpc) is 2.96. The lowest BCUT2D eigenvalue weighted by Gasteiger charge is -2.34. The summed E-state index contributed by atoms with van der Waals surface area (Å²) in [4.78, 5) is 25.8. The molecule has 0 bridgehead atoms. The molecule has 2 N–H and O–H groups in total. The van der Waals surface area contributed by atoms with E-state index >= 15 is 0 Å². The maximum absolute atomic E-state index is 13.5. The molecule has 7 heteroatoms.